The summed E-state index contributed by atoms with van der Waals surface area (Å²) in [5.41, 5.74) is 2.08. The van der Waals surface area contributed by atoms with E-state index >= 15 is 0 Å². The summed E-state index contributed by atoms with van der Waals surface area (Å²) >= 11 is 5.83. The highest BCUT2D eigenvalue weighted by Gasteiger charge is 2.30. The van der Waals surface area contributed by atoms with Gasteiger partial charge in [0.2, 0.25) is 5.91 Å². The van der Waals surface area contributed by atoms with Gasteiger partial charge >= 0.3 is 6.03 Å². The Hall–Kier alpha value is -3.59. The van der Waals surface area contributed by atoms with Crippen molar-refractivity contribution < 1.29 is 9.59 Å². The first-order valence-corrected chi connectivity index (χ1v) is 11.0. The fourth-order valence-electron chi connectivity index (χ4n) is 4.00. The molecule has 0 radical (unpaired) electrons. The number of aryl methyl sites for hydroxylation is 1. The van der Waals surface area contributed by atoms with Crippen molar-refractivity contribution in [3.8, 4) is 5.69 Å². The number of likely N-dealkylation sites (tertiary alicyclic amines) is 1. The third-order valence-corrected chi connectivity index (χ3v) is 5.99. The van der Waals surface area contributed by atoms with E-state index in [0.29, 0.717) is 28.8 Å². The predicted octanol–water partition coefficient (Wildman–Crippen LogP) is 3.56. The van der Waals surface area contributed by atoms with Crippen molar-refractivity contribution in [3.05, 3.63) is 69.7 Å². The van der Waals surface area contributed by atoms with Crippen LogP contribution in [-0.4, -0.2) is 43.8 Å². The number of amides is 3. The fourth-order valence-corrected chi connectivity index (χ4v) is 4.11. The number of nitrogens with zero attached hydrogens (tertiary/aromatic N) is 4. The smallest absolute Gasteiger partial charge is 0.323 e. The zero-order valence-electron chi connectivity index (χ0n) is 18.4. The number of hydrogen-bond acceptors (Lipinski definition) is 4. The van der Waals surface area contributed by atoms with Crippen molar-refractivity contribution in [2.75, 3.05) is 17.2 Å². The van der Waals surface area contributed by atoms with Crippen molar-refractivity contribution in [2.24, 2.45) is 7.05 Å². The summed E-state index contributed by atoms with van der Waals surface area (Å²) in [5.74, 6) is 0.232. The molecule has 0 spiro atoms. The van der Waals surface area contributed by atoms with E-state index < -0.39 is 0 Å². The van der Waals surface area contributed by atoms with Crippen LogP contribution in [0, 0.1) is 6.92 Å². The number of carbonyl (C=O) groups is 2. The van der Waals surface area contributed by atoms with Crippen molar-refractivity contribution in [1.82, 2.24) is 19.2 Å². The van der Waals surface area contributed by atoms with E-state index in [1.807, 2.05) is 14.0 Å². The number of halogens is 1. The number of rotatable bonds is 5. The Bertz CT molecular complexity index is 1220. The highest BCUT2D eigenvalue weighted by molar-refractivity contribution is 6.30. The van der Waals surface area contributed by atoms with Crippen LogP contribution in [0.2, 0.25) is 5.02 Å². The van der Waals surface area contributed by atoms with Gasteiger partial charge in [0.05, 0.1) is 10.7 Å². The molecule has 9 nitrogen and oxygen atoms in total. The molecule has 3 heterocycles. The Kier molecular flexibility index (Phi) is 6.50. The lowest BCUT2D eigenvalue weighted by molar-refractivity contribution is -0.117. The highest BCUT2D eigenvalue weighted by Crippen LogP contribution is 2.22. The second kappa shape index (κ2) is 9.50. The molecule has 172 valence electrons. The molecule has 10 heteroatoms. The van der Waals surface area contributed by atoms with E-state index in [1.54, 1.807) is 56.7 Å². The SMILES string of the molecule is Cc1cc(=O)n(-c2ccc(NC(=O)C[C@H]3CCCN3C(=O)Nc3ccc(Cl)cn3)cc2)n1C. The van der Waals surface area contributed by atoms with Crippen LogP contribution in [0.4, 0.5) is 16.3 Å². The summed E-state index contributed by atoms with van der Waals surface area (Å²) in [5, 5.41) is 6.12. The summed E-state index contributed by atoms with van der Waals surface area (Å²) in [4.78, 5) is 43.2. The number of aromatic nitrogens is 3. The number of anilines is 2. The molecule has 33 heavy (non-hydrogen) atoms. The molecule has 1 aliphatic heterocycles. The molecule has 3 amide bonds. The van der Waals surface area contributed by atoms with Gasteiger partial charge in [-0.3, -0.25) is 19.6 Å². The molecule has 0 bridgehead atoms. The monoisotopic (exact) mass is 468 g/mol. The van der Waals surface area contributed by atoms with Gasteiger partial charge in [0.1, 0.15) is 5.82 Å². The molecule has 0 saturated carbocycles. The van der Waals surface area contributed by atoms with Crippen LogP contribution in [0.5, 0.6) is 0 Å². The van der Waals surface area contributed by atoms with E-state index in [1.165, 1.54) is 6.20 Å². The standard InChI is InChI=1S/C23H25ClN6O3/c1-15-12-22(32)30(28(15)2)18-8-6-17(7-9-18)26-21(31)13-19-4-3-11-29(19)23(33)27-20-10-5-16(24)14-25-20/h5-10,12,14,19H,3-4,11,13H2,1-2H3,(H,26,31)(H,25,27,33)/t19-/m1/s1. The third-order valence-electron chi connectivity index (χ3n) is 5.77. The van der Waals surface area contributed by atoms with Crippen LogP contribution in [0.1, 0.15) is 25.0 Å². The van der Waals surface area contributed by atoms with Gasteiger partial charge in [0, 0.05) is 49.7 Å². The van der Waals surface area contributed by atoms with Crippen LogP contribution in [0.25, 0.3) is 5.69 Å². The molecule has 1 saturated heterocycles. The molecule has 1 atom stereocenters. The largest absolute Gasteiger partial charge is 0.326 e. The van der Waals surface area contributed by atoms with Gasteiger partial charge in [-0.1, -0.05) is 11.6 Å². The van der Waals surface area contributed by atoms with Crippen molar-refractivity contribution in [3.63, 3.8) is 0 Å². The minimum Gasteiger partial charge on any atom is -0.326 e. The quantitative estimate of drug-likeness (QED) is 0.597. The number of pyridine rings is 1. The number of hydrogen-bond donors (Lipinski definition) is 2. The van der Waals surface area contributed by atoms with Gasteiger partial charge in [0.15, 0.2) is 0 Å². The Morgan fingerprint density at radius 3 is 2.55 bits per heavy atom. The average molecular weight is 469 g/mol. The number of benzene rings is 1. The molecule has 2 aromatic heterocycles. The highest BCUT2D eigenvalue weighted by atomic mass is 35.5. The van der Waals surface area contributed by atoms with Crippen LogP contribution >= 0.6 is 11.6 Å². The zero-order chi connectivity index (χ0) is 23.5. The third kappa shape index (κ3) is 5.09. The molecule has 1 aliphatic rings. The summed E-state index contributed by atoms with van der Waals surface area (Å²) in [7, 11) is 1.82. The number of urea groups is 1. The summed E-state index contributed by atoms with van der Waals surface area (Å²) in [6.45, 7) is 2.45. The van der Waals surface area contributed by atoms with Gasteiger partial charge in [-0.05, 0) is 56.2 Å². The lowest BCUT2D eigenvalue weighted by Crippen LogP contribution is -2.40. The van der Waals surface area contributed by atoms with Crippen molar-refractivity contribution >= 4 is 35.0 Å². The summed E-state index contributed by atoms with van der Waals surface area (Å²) in [6.07, 6.45) is 3.24. The molecule has 0 aliphatic carbocycles. The molecule has 2 N–H and O–H groups in total. The lowest BCUT2D eigenvalue weighted by atomic mass is 10.1. The Morgan fingerprint density at radius 1 is 1.15 bits per heavy atom. The summed E-state index contributed by atoms with van der Waals surface area (Å²) in [6, 6.07) is 11.5. The molecule has 4 rings (SSSR count). The molecule has 1 aromatic carbocycles. The summed E-state index contributed by atoms with van der Waals surface area (Å²) < 4.78 is 3.33. The molecular formula is C23H25ClN6O3. The van der Waals surface area contributed by atoms with Crippen molar-refractivity contribution in [2.45, 2.75) is 32.2 Å². The van der Waals surface area contributed by atoms with E-state index in [9.17, 15) is 14.4 Å². The van der Waals surface area contributed by atoms with Crippen LogP contribution in [0.15, 0.2) is 53.5 Å². The number of nitrogens with one attached hydrogen (secondary N) is 2. The molecule has 0 unspecified atom stereocenters. The fraction of sp³-hybridized carbons (Fsp3) is 0.304. The zero-order valence-corrected chi connectivity index (χ0v) is 19.2. The van der Waals surface area contributed by atoms with Crippen LogP contribution < -0.4 is 16.2 Å². The normalized spacial score (nSPS) is 15.5. The van der Waals surface area contributed by atoms with Crippen molar-refractivity contribution in [1.29, 1.82) is 0 Å². The number of carbonyl (C=O) groups excluding carboxylic acids is 2. The predicted molar refractivity (Wildman–Crippen MR) is 127 cm³/mol. The van der Waals surface area contributed by atoms with Crippen LogP contribution in [-0.2, 0) is 11.8 Å². The van der Waals surface area contributed by atoms with Gasteiger partial charge in [0.25, 0.3) is 5.56 Å². The first kappa shape index (κ1) is 22.6. The van der Waals surface area contributed by atoms with Gasteiger partial charge < -0.3 is 10.2 Å². The van der Waals surface area contributed by atoms with E-state index in [0.717, 1.165) is 18.5 Å². The second-order valence-corrected chi connectivity index (χ2v) is 8.48. The first-order valence-electron chi connectivity index (χ1n) is 10.7. The maximum Gasteiger partial charge on any atom is 0.323 e. The Labute approximate surface area is 196 Å². The minimum absolute atomic E-state index is 0.111. The Morgan fingerprint density at radius 2 is 1.91 bits per heavy atom. The van der Waals surface area contributed by atoms with E-state index in [-0.39, 0.29) is 30.0 Å². The van der Waals surface area contributed by atoms with E-state index in [4.69, 9.17) is 11.6 Å². The lowest BCUT2D eigenvalue weighted by Gasteiger charge is -2.24. The molecule has 1 fully saturated rings. The molecule has 3 aromatic rings. The van der Waals surface area contributed by atoms with Gasteiger partial charge in [-0.15, -0.1) is 0 Å². The van der Waals surface area contributed by atoms with E-state index in [2.05, 4.69) is 15.6 Å². The van der Waals surface area contributed by atoms with Gasteiger partial charge in [-0.2, -0.15) is 0 Å². The van der Waals surface area contributed by atoms with Crippen LogP contribution in [0.3, 0.4) is 0 Å². The second-order valence-electron chi connectivity index (χ2n) is 8.04. The average Bonchev–Trinajstić information content (AvgIpc) is 3.34. The minimum atomic E-state index is -0.284. The molecular weight excluding hydrogens is 444 g/mol. The Balaban J connectivity index is 1.36. The maximum atomic E-state index is 12.7. The first-order chi connectivity index (χ1) is 15.8. The topological polar surface area (TPSA) is 101 Å². The van der Waals surface area contributed by atoms with Gasteiger partial charge in [-0.25, -0.2) is 14.5 Å². The maximum absolute atomic E-state index is 12.7.